The zero-order valence-corrected chi connectivity index (χ0v) is 11.0. The van der Waals surface area contributed by atoms with Gasteiger partial charge in [0.05, 0.1) is 0 Å². The Morgan fingerprint density at radius 3 is 2.83 bits per heavy atom. The predicted molar refractivity (Wildman–Crippen MR) is 69.9 cm³/mol. The van der Waals surface area contributed by atoms with Gasteiger partial charge in [0.15, 0.2) is 0 Å². The van der Waals surface area contributed by atoms with Crippen molar-refractivity contribution in [2.45, 2.75) is 51.0 Å². The molecule has 3 fully saturated rings. The lowest BCUT2D eigenvalue weighted by Crippen LogP contribution is -2.57. The second-order valence-corrected chi connectivity index (χ2v) is 6.32. The Morgan fingerprint density at radius 2 is 1.89 bits per heavy atom. The molecule has 3 saturated heterocycles. The van der Waals surface area contributed by atoms with Crippen LogP contribution in [0.3, 0.4) is 0 Å². The van der Waals surface area contributed by atoms with Crippen LogP contribution < -0.4 is 0 Å². The monoisotopic (exact) mass is 246 g/mol. The van der Waals surface area contributed by atoms with Gasteiger partial charge in [-0.2, -0.15) is 0 Å². The molecular formula is C15H22N2O. The Hall–Kier alpha value is -0.830. The lowest BCUT2D eigenvalue weighted by atomic mass is 9.75. The molecule has 0 unspecified atom stereocenters. The van der Waals surface area contributed by atoms with Crippen molar-refractivity contribution < 1.29 is 4.79 Å². The highest BCUT2D eigenvalue weighted by molar-refractivity contribution is 5.79. The van der Waals surface area contributed by atoms with Crippen molar-refractivity contribution in [3.8, 4) is 0 Å². The van der Waals surface area contributed by atoms with Crippen molar-refractivity contribution in [1.29, 1.82) is 0 Å². The van der Waals surface area contributed by atoms with Gasteiger partial charge in [0.25, 0.3) is 0 Å². The van der Waals surface area contributed by atoms with Crippen molar-refractivity contribution in [3.63, 3.8) is 0 Å². The van der Waals surface area contributed by atoms with Gasteiger partial charge in [-0.05, 0) is 63.1 Å². The SMILES string of the molecule is O=C1CCCC2=C3CCCN4CCC[C@H](CN12)[C@H]34. The topological polar surface area (TPSA) is 23.6 Å². The fourth-order valence-corrected chi connectivity index (χ4v) is 4.64. The van der Waals surface area contributed by atoms with Gasteiger partial charge < -0.3 is 4.90 Å². The van der Waals surface area contributed by atoms with E-state index in [-0.39, 0.29) is 0 Å². The van der Waals surface area contributed by atoms with E-state index in [9.17, 15) is 4.79 Å². The Balaban J connectivity index is 1.77. The first kappa shape index (κ1) is 11.0. The van der Waals surface area contributed by atoms with Gasteiger partial charge in [-0.3, -0.25) is 9.69 Å². The average molecular weight is 246 g/mol. The summed E-state index contributed by atoms with van der Waals surface area (Å²) in [7, 11) is 0. The highest BCUT2D eigenvalue weighted by atomic mass is 16.2. The van der Waals surface area contributed by atoms with Crippen LogP contribution in [0.5, 0.6) is 0 Å². The van der Waals surface area contributed by atoms with E-state index in [1.165, 1.54) is 44.5 Å². The normalized spacial score (nSPS) is 36.4. The molecule has 4 heterocycles. The van der Waals surface area contributed by atoms with Crippen LogP contribution in [0.15, 0.2) is 11.3 Å². The number of hydrogen-bond acceptors (Lipinski definition) is 2. The Kier molecular flexibility index (Phi) is 2.51. The second-order valence-electron chi connectivity index (χ2n) is 6.32. The maximum absolute atomic E-state index is 12.1. The molecule has 0 radical (unpaired) electrons. The summed E-state index contributed by atoms with van der Waals surface area (Å²) in [6.45, 7) is 3.58. The number of allylic oxidation sites excluding steroid dienone is 1. The number of rotatable bonds is 0. The molecule has 0 aromatic carbocycles. The van der Waals surface area contributed by atoms with Crippen LogP contribution in [0.25, 0.3) is 0 Å². The summed E-state index contributed by atoms with van der Waals surface area (Å²) in [6.07, 6.45) is 8.19. The molecule has 0 spiro atoms. The Bertz CT molecular complexity index is 413. The third-order valence-electron chi connectivity index (χ3n) is 5.33. The van der Waals surface area contributed by atoms with E-state index >= 15 is 0 Å². The van der Waals surface area contributed by atoms with Gasteiger partial charge in [0, 0.05) is 24.7 Å². The predicted octanol–water partition coefficient (Wildman–Crippen LogP) is 2.14. The van der Waals surface area contributed by atoms with Crippen molar-refractivity contribution in [1.82, 2.24) is 9.80 Å². The van der Waals surface area contributed by atoms with E-state index in [0.29, 0.717) is 11.9 Å². The highest BCUT2D eigenvalue weighted by Crippen LogP contribution is 2.43. The molecule has 4 aliphatic rings. The Morgan fingerprint density at radius 1 is 1.00 bits per heavy atom. The fourth-order valence-electron chi connectivity index (χ4n) is 4.64. The standard InChI is InChI=1S/C15H22N2O/c18-14-7-1-6-13-12-5-3-9-16-8-2-4-11(15(12)16)10-17(13)14/h11,15H,1-10H2/t11-,15-/m1/s1. The summed E-state index contributed by atoms with van der Waals surface area (Å²) in [5, 5.41) is 0. The van der Waals surface area contributed by atoms with Crippen molar-refractivity contribution in [2.24, 2.45) is 5.92 Å². The minimum Gasteiger partial charge on any atom is -0.316 e. The van der Waals surface area contributed by atoms with E-state index in [4.69, 9.17) is 0 Å². The molecule has 0 aliphatic carbocycles. The van der Waals surface area contributed by atoms with Crippen LogP contribution in [0.2, 0.25) is 0 Å². The maximum atomic E-state index is 12.1. The molecule has 0 saturated carbocycles. The number of carbonyl (C=O) groups is 1. The lowest BCUT2D eigenvalue weighted by Gasteiger charge is -2.52. The van der Waals surface area contributed by atoms with E-state index in [1.54, 1.807) is 5.57 Å². The third-order valence-corrected chi connectivity index (χ3v) is 5.33. The third kappa shape index (κ3) is 1.49. The van der Waals surface area contributed by atoms with E-state index < -0.39 is 0 Å². The molecule has 0 N–H and O–H groups in total. The van der Waals surface area contributed by atoms with Crippen LogP contribution in [-0.2, 0) is 4.79 Å². The average Bonchev–Trinajstić information content (AvgIpc) is 2.41. The van der Waals surface area contributed by atoms with Crippen molar-refractivity contribution in [2.75, 3.05) is 19.6 Å². The van der Waals surface area contributed by atoms with E-state index in [1.807, 2.05) is 0 Å². The van der Waals surface area contributed by atoms with Gasteiger partial charge in [-0.25, -0.2) is 0 Å². The first-order valence-corrected chi connectivity index (χ1v) is 7.61. The highest BCUT2D eigenvalue weighted by Gasteiger charge is 2.44. The molecule has 1 amide bonds. The summed E-state index contributed by atoms with van der Waals surface area (Å²) in [6, 6.07) is 0.699. The Labute approximate surface area is 109 Å². The van der Waals surface area contributed by atoms with E-state index in [0.717, 1.165) is 31.7 Å². The zero-order chi connectivity index (χ0) is 12.1. The summed E-state index contributed by atoms with van der Waals surface area (Å²) in [5.74, 6) is 1.12. The molecule has 0 aromatic heterocycles. The number of hydrogen-bond donors (Lipinski definition) is 0. The van der Waals surface area contributed by atoms with Gasteiger partial charge in [-0.15, -0.1) is 0 Å². The van der Waals surface area contributed by atoms with Crippen LogP contribution in [0.4, 0.5) is 0 Å². The minimum absolute atomic E-state index is 0.393. The molecule has 3 nitrogen and oxygen atoms in total. The van der Waals surface area contributed by atoms with E-state index in [2.05, 4.69) is 9.80 Å². The number of amides is 1. The molecule has 4 aliphatic heterocycles. The molecular weight excluding hydrogens is 224 g/mol. The smallest absolute Gasteiger partial charge is 0.226 e. The molecule has 98 valence electrons. The first-order chi connectivity index (χ1) is 8.84. The summed E-state index contributed by atoms with van der Waals surface area (Å²) < 4.78 is 0. The molecule has 2 atom stereocenters. The van der Waals surface area contributed by atoms with Crippen LogP contribution in [-0.4, -0.2) is 41.4 Å². The van der Waals surface area contributed by atoms with Gasteiger partial charge in [-0.1, -0.05) is 0 Å². The summed E-state index contributed by atoms with van der Waals surface area (Å²) in [5.41, 5.74) is 3.07. The molecule has 0 aromatic rings. The van der Waals surface area contributed by atoms with Gasteiger partial charge >= 0.3 is 0 Å². The molecule has 4 rings (SSSR count). The summed E-state index contributed by atoms with van der Waals surface area (Å²) in [4.78, 5) is 17.0. The number of nitrogens with zero attached hydrogens (tertiary/aromatic N) is 2. The molecule has 18 heavy (non-hydrogen) atoms. The largest absolute Gasteiger partial charge is 0.316 e. The quantitative estimate of drug-likeness (QED) is 0.654. The number of fused-ring (bicyclic) bond motifs is 1. The summed E-state index contributed by atoms with van der Waals surface area (Å²) >= 11 is 0. The minimum atomic E-state index is 0.393. The van der Waals surface area contributed by atoms with Gasteiger partial charge in [0.1, 0.15) is 0 Å². The van der Waals surface area contributed by atoms with Gasteiger partial charge in [0.2, 0.25) is 5.91 Å². The maximum Gasteiger partial charge on any atom is 0.226 e. The molecule has 3 heteroatoms. The number of carbonyl (C=O) groups excluding carboxylic acids is 1. The number of piperidine rings is 3. The van der Waals surface area contributed by atoms with Crippen LogP contribution in [0, 0.1) is 5.92 Å². The van der Waals surface area contributed by atoms with Crippen LogP contribution in [0.1, 0.15) is 44.9 Å². The first-order valence-electron chi connectivity index (χ1n) is 7.61. The fraction of sp³-hybridized carbons (Fsp3) is 0.800. The van der Waals surface area contributed by atoms with Crippen molar-refractivity contribution >= 4 is 5.91 Å². The van der Waals surface area contributed by atoms with Crippen LogP contribution >= 0.6 is 0 Å². The zero-order valence-electron chi connectivity index (χ0n) is 11.0. The van der Waals surface area contributed by atoms with Crippen molar-refractivity contribution in [3.05, 3.63) is 11.3 Å². The lowest BCUT2D eigenvalue weighted by molar-refractivity contribution is -0.133. The molecule has 0 bridgehead atoms. The second kappa shape index (κ2) is 4.09.